The fourth-order valence-corrected chi connectivity index (χ4v) is 1.89. The molecule has 0 amide bonds. The van der Waals surface area contributed by atoms with Crippen LogP contribution in [0.2, 0.25) is 0 Å². The first-order valence-corrected chi connectivity index (χ1v) is 6.47. The molecule has 0 fully saturated rings. The summed E-state index contributed by atoms with van der Waals surface area (Å²) in [6, 6.07) is 3.51. The lowest BCUT2D eigenvalue weighted by Crippen LogP contribution is -2.25. The maximum Gasteiger partial charge on any atom is 0.141 e. The summed E-state index contributed by atoms with van der Waals surface area (Å²) in [6.07, 6.45) is 2.05. The second kappa shape index (κ2) is 5.93. The third-order valence-electron chi connectivity index (χ3n) is 2.82. The Morgan fingerprint density at radius 1 is 1.37 bits per heavy atom. The third-order valence-corrected chi connectivity index (χ3v) is 2.82. The van der Waals surface area contributed by atoms with E-state index in [4.69, 9.17) is 0 Å². The van der Waals surface area contributed by atoms with Crippen molar-refractivity contribution in [3.63, 3.8) is 0 Å². The number of aromatic nitrogens is 3. The van der Waals surface area contributed by atoms with E-state index in [1.807, 2.05) is 6.92 Å². The summed E-state index contributed by atoms with van der Waals surface area (Å²) in [5, 5.41) is 3.34. The van der Waals surface area contributed by atoms with Crippen LogP contribution in [0.5, 0.6) is 0 Å². The van der Waals surface area contributed by atoms with Gasteiger partial charge >= 0.3 is 0 Å². The van der Waals surface area contributed by atoms with Crippen molar-refractivity contribution >= 4 is 0 Å². The number of hydrogen-bond donors (Lipinski definition) is 2. The lowest BCUT2D eigenvalue weighted by molar-refractivity contribution is 0.584. The molecule has 0 unspecified atom stereocenters. The van der Waals surface area contributed by atoms with Crippen LogP contribution in [0.3, 0.4) is 0 Å². The van der Waals surface area contributed by atoms with Crippen molar-refractivity contribution in [2.75, 3.05) is 6.54 Å². The molecule has 2 heterocycles. The number of aryl methyl sites for hydroxylation is 1. The van der Waals surface area contributed by atoms with Crippen molar-refractivity contribution in [3.05, 3.63) is 35.7 Å². The zero-order chi connectivity index (χ0) is 13.8. The highest BCUT2D eigenvalue weighted by Crippen LogP contribution is 2.19. The standard InChI is InChI=1S/C14H19FN4/c1-9(2)16-7-6-13-18-10(3)14(19-13)12-5-4-11(15)8-17-12/h4-5,8-9,16H,6-7H2,1-3H3,(H,18,19). The minimum absolute atomic E-state index is 0.335. The molecule has 0 aliphatic rings. The predicted octanol–water partition coefficient (Wildman–Crippen LogP) is 2.46. The molecule has 2 aromatic rings. The van der Waals surface area contributed by atoms with Crippen LogP contribution >= 0.6 is 0 Å². The normalized spacial score (nSPS) is 11.2. The van der Waals surface area contributed by atoms with Crippen molar-refractivity contribution < 1.29 is 4.39 Å². The van der Waals surface area contributed by atoms with Gasteiger partial charge in [-0.1, -0.05) is 13.8 Å². The number of H-pyrrole nitrogens is 1. The van der Waals surface area contributed by atoms with Crippen LogP contribution in [0.25, 0.3) is 11.4 Å². The Morgan fingerprint density at radius 2 is 2.16 bits per heavy atom. The van der Waals surface area contributed by atoms with Gasteiger partial charge in [-0.15, -0.1) is 0 Å². The van der Waals surface area contributed by atoms with Gasteiger partial charge in [-0.3, -0.25) is 4.98 Å². The van der Waals surface area contributed by atoms with Crippen LogP contribution in [-0.4, -0.2) is 27.5 Å². The van der Waals surface area contributed by atoms with Gasteiger partial charge in [0.15, 0.2) is 0 Å². The molecule has 0 aliphatic carbocycles. The van der Waals surface area contributed by atoms with Gasteiger partial charge in [-0.25, -0.2) is 9.37 Å². The number of rotatable bonds is 5. The molecule has 0 aromatic carbocycles. The average Bonchev–Trinajstić information content (AvgIpc) is 2.71. The Bertz CT molecular complexity index is 531. The van der Waals surface area contributed by atoms with Crippen LogP contribution < -0.4 is 5.32 Å². The highest BCUT2D eigenvalue weighted by Gasteiger charge is 2.10. The highest BCUT2D eigenvalue weighted by molar-refractivity contribution is 5.56. The summed E-state index contributed by atoms with van der Waals surface area (Å²) in [5.74, 6) is 0.588. The number of pyridine rings is 1. The molecule has 0 bridgehead atoms. The molecule has 2 N–H and O–H groups in total. The van der Waals surface area contributed by atoms with Crippen molar-refractivity contribution in [1.29, 1.82) is 0 Å². The molecule has 0 saturated carbocycles. The van der Waals surface area contributed by atoms with Gasteiger partial charge in [0, 0.05) is 24.7 Å². The lowest BCUT2D eigenvalue weighted by Gasteiger charge is -2.05. The zero-order valence-electron chi connectivity index (χ0n) is 11.5. The monoisotopic (exact) mass is 262 g/mol. The van der Waals surface area contributed by atoms with Crippen LogP contribution in [0, 0.1) is 12.7 Å². The van der Waals surface area contributed by atoms with E-state index in [0.29, 0.717) is 11.7 Å². The number of nitrogens with one attached hydrogen (secondary N) is 2. The molecule has 0 spiro atoms. The lowest BCUT2D eigenvalue weighted by atomic mass is 10.2. The maximum atomic E-state index is 12.9. The second-order valence-electron chi connectivity index (χ2n) is 4.88. The van der Waals surface area contributed by atoms with Gasteiger partial charge < -0.3 is 10.3 Å². The zero-order valence-corrected chi connectivity index (χ0v) is 11.5. The van der Waals surface area contributed by atoms with Gasteiger partial charge in [0.1, 0.15) is 17.3 Å². The van der Waals surface area contributed by atoms with Gasteiger partial charge in [0.05, 0.1) is 11.9 Å². The van der Waals surface area contributed by atoms with E-state index in [0.717, 1.165) is 30.2 Å². The van der Waals surface area contributed by atoms with Gasteiger partial charge in [-0.2, -0.15) is 0 Å². The van der Waals surface area contributed by atoms with Crippen molar-refractivity contribution in [2.45, 2.75) is 33.2 Å². The summed E-state index contributed by atoms with van der Waals surface area (Å²) in [6.45, 7) is 7.05. The van der Waals surface area contributed by atoms with E-state index >= 15 is 0 Å². The number of hydrogen-bond acceptors (Lipinski definition) is 3. The Labute approximate surface area is 112 Å². The van der Waals surface area contributed by atoms with Crippen LogP contribution in [0.15, 0.2) is 18.3 Å². The third kappa shape index (κ3) is 3.61. The van der Waals surface area contributed by atoms with E-state index < -0.39 is 0 Å². The maximum absolute atomic E-state index is 12.9. The van der Waals surface area contributed by atoms with E-state index in [1.165, 1.54) is 12.3 Å². The molecule has 2 aromatic heterocycles. The van der Waals surface area contributed by atoms with Crippen LogP contribution in [0.4, 0.5) is 4.39 Å². The quantitative estimate of drug-likeness (QED) is 0.870. The average molecular weight is 262 g/mol. The van der Waals surface area contributed by atoms with Gasteiger partial charge in [0.2, 0.25) is 0 Å². The van der Waals surface area contributed by atoms with E-state index in [2.05, 4.69) is 34.1 Å². The van der Waals surface area contributed by atoms with Crippen LogP contribution in [-0.2, 0) is 6.42 Å². The smallest absolute Gasteiger partial charge is 0.141 e. The van der Waals surface area contributed by atoms with Crippen molar-refractivity contribution in [1.82, 2.24) is 20.3 Å². The molecule has 0 saturated heterocycles. The number of halogens is 1. The SMILES string of the molecule is Cc1[nH]c(CCNC(C)C)nc1-c1ccc(F)cn1. The van der Waals surface area contributed by atoms with Gasteiger partial charge in [0.25, 0.3) is 0 Å². The molecule has 2 rings (SSSR count). The second-order valence-corrected chi connectivity index (χ2v) is 4.88. The molecular weight excluding hydrogens is 243 g/mol. The summed E-state index contributed by atoms with van der Waals surface area (Å²) in [4.78, 5) is 11.8. The Kier molecular flexibility index (Phi) is 4.27. The molecule has 19 heavy (non-hydrogen) atoms. The Hall–Kier alpha value is -1.75. The molecule has 0 radical (unpaired) electrons. The highest BCUT2D eigenvalue weighted by atomic mass is 19.1. The minimum atomic E-state index is -0.335. The first-order valence-electron chi connectivity index (χ1n) is 6.47. The topological polar surface area (TPSA) is 53.6 Å². The predicted molar refractivity (Wildman–Crippen MR) is 73.4 cm³/mol. The summed E-state index contributed by atoms with van der Waals surface area (Å²) in [5.41, 5.74) is 2.44. The molecular formula is C14H19FN4. The Morgan fingerprint density at radius 3 is 2.79 bits per heavy atom. The van der Waals surface area contributed by atoms with Crippen molar-refractivity contribution in [3.8, 4) is 11.4 Å². The Balaban J connectivity index is 2.10. The van der Waals surface area contributed by atoms with Gasteiger partial charge in [-0.05, 0) is 19.1 Å². The number of imidazole rings is 1. The van der Waals surface area contributed by atoms with E-state index in [9.17, 15) is 4.39 Å². The first kappa shape index (κ1) is 13.7. The number of nitrogens with zero attached hydrogens (tertiary/aromatic N) is 2. The van der Waals surface area contributed by atoms with Crippen molar-refractivity contribution in [2.24, 2.45) is 0 Å². The molecule has 102 valence electrons. The molecule has 0 aliphatic heterocycles. The fourth-order valence-electron chi connectivity index (χ4n) is 1.89. The fraction of sp³-hybridized carbons (Fsp3) is 0.429. The summed E-state index contributed by atoms with van der Waals surface area (Å²) < 4.78 is 12.9. The molecule has 0 atom stereocenters. The summed E-state index contributed by atoms with van der Waals surface area (Å²) in [7, 11) is 0. The summed E-state index contributed by atoms with van der Waals surface area (Å²) >= 11 is 0. The molecule has 5 heteroatoms. The van der Waals surface area contributed by atoms with E-state index in [1.54, 1.807) is 6.07 Å². The molecule has 4 nitrogen and oxygen atoms in total. The largest absolute Gasteiger partial charge is 0.345 e. The minimum Gasteiger partial charge on any atom is -0.345 e. The van der Waals surface area contributed by atoms with Crippen LogP contribution in [0.1, 0.15) is 25.4 Å². The number of aromatic amines is 1. The first-order chi connectivity index (χ1) is 9.06. The van der Waals surface area contributed by atoms with E-state index in [-0.39, 0.29) is 5.82 Å².